The van der Waals surface area contributed by atoms with Crippen molar-refractivity contribution in [2.45, 2.75) is 18.9 Å². The Balaban J connectivity index is 2.14. The second-order valence-electron chi connectivity index (χ2n) is 3.87. The lowest BCUT2D eigenvalue weighted by Crippen LogP contribution is -2.31. The van der Waals surface area contributed by atoms with Gasteiger partial charge in [-0.05, 0) is 37.1 Å². The number of anilines is 1. The van der Waals surface area contributed by atoms with Crippen molar-refractivity contribution in [2.24, 2.45) is 0 Å². The Morgan fingerprint density at radius 2 is 2.13 bits per heavy atom. The van der Waals surface area contributed by atoms with E-state index < -0.39 is 0 Å². The van der Waals surface area contributed by atoms with Gasteiger partial charge in [0.25, 0.3) is 0 Å². The number of nitrogens with zero attached hydrogens (tertiary/aromatic N) is 1. The van der Waals surface area contributed by atoms with Crippen molar-refractivity contribution in [3.05, 3.63) is 24.3 Å². The van der Waals surface area contributed by atoms with E-state index >= 15 is 0 Å². The molecule has 1 aromatic rings. The highest BCUT2D eigenvalue weighted by atomic mass is 16.5. The van der Waals surface area contributed by atoms with Gasteiger partial charge < -0.3 is 14.7 Å². The molecule has 0 aromatic heterocycles. The molecule has 1 atom stereocenters. The highest BCUT2D eigenvalue weighted by molar-refractivity contribution is 5.50. The number of hydrogen-bond donors (Lipinski definition) is 1. The van der Waals surface area contributed by atoms with Gasteiger partial charge in [0, 0.05) is 12.2 Å². The van der Waals surface area contributed by atoms with E-state index in [1.807, 2.05) is 24.3 Å². The topological polar surface area (TPSA) is 32.7 Å². The Morgan fingerprint density at radius 3 is 2.73 bits per heavy atom. The molecule has 1 aliphatic heterocycles. The van der Waals surface area contributed by atoms with Gasteiger partial charge in [-0.2, -0.15) is 0 Å². The van der Waals surface area contributed by atoms with Crippen LogP contribution in [0.2, 0.25) is 0 Å². The Bertz CT molecular complexity index is 310. The van der Waals surface area contributed by atoms with E-state index in [-0.39, 0.29) is 6.61 Å². The summed E-state index contributed by atoms with van der Waals surface area (Å²) in [4.78, 5) is 2.26. The van der Waals surface area contributed by atoms with Crippen molar-refractivity contribution in [3.8, 4) is 5.75 Å². The van der Waals surface area contributed by atoms with Gasteiger partial charge in [0.2, 0.25) is 0 Å². The minimum atomic E-state index is 0.242. The zero-order chi connectivity index (χ0) is 10.7. The normalized spacial score (nSPS) is 20.7. The number of methoxy groups -OCH3 is 1. The average Bonchev–Trinajstić information content (AvgIpc) is 2.77. The van der Waals surface area contributed by atoms with E-state index in [4.69, 9.17) is 4.74 Å². The Labute approximate surface area is 90.3 Å². The van der Waals surface area contributed by atoms with E-state index in [0.717, 1.165) is 25.1 Å². The van der Waals surface area contributed by atoms with E-state index in [1.165, 1.54) is 5.69 Å². The van der Waals surface area contributed by atoms with Crippen LogP contribution in [0.4, 0.5) is 5.69 Å². The average molecular weight is 207 g/mol. The maximum atomic E-state index is 9.23. The third kappa shape index (κ3) is 2.07. The molecule has 0 aliphatic carbocycles. The molecule has 0 radical (unpaired) electrons. The summed E-state index contributed by atoms with van der Waals surface area (Å²) in [7, 11) is 1.67. The first-order valence-corrected chi connectivity index (χ1v) is 5.36. The first kappa shape index (κ1) is 10.3. The summed E-state index contributed by atoms with van der Waals surface area (Å²) in [6, 6.07) is 8.31. The molecule has 0 amide bonds. The lowest BCUT2D eigenvalue weighted by Gasteiger charge is -2.25. The molecular weight excluding hydrogens is 190 g/mol. The van der Waals surface area contributed by atoms with Crippen LogP contribution in [0.5, 0.6) is 5.75 Å². The number of aliphatic hydroxyl groups excluding tert-OH is 1. The highest BCUT2D eigenvalue weighted by Crippen LogP contribution is 2.26. The molecule has 1 aromatic carbocycles. The molecule has 1 fully saturated rings. The van der Waals surface area contributed by atoms with Gasteiger partial charge in [0.1, 0.15) is 5.75 Å². The van der Waals surface area contributed by atoms with Crippen LogP contribution in [-0.2, 0) is 0 Å². The Hall–Kier alpha value is -1.22. The summed E-state index contributed by atoms with van der Waals surface area (Å²) in [6.45, 7) is 1.28. The van der Waals surface area contributed by atoms with Gasteiger partial charge in [0.15, 0.2) is 0 Å². The first-order valence-electron chi connectivity index (χ1n) is 5.36. The van der Waals surface area contributed by atoms with Gasteiger partial charge in [-0.25, -0.2) is 0 Å². The van der Waals surface area contributed by atoms with Crippen LogP contribution < -0.4 is 9.64 Å². The summed E-state index contributed by atoms with van der Waals surface area (Å²) >= 11 is 0. The summed E-state index contributed by atoms with van der Waals surface area (Å²) in [5.41, 5.74) is 1.17. The van der Waals surface area contributed by atoms with Crippen LogP contribution in [0.25, 0.3) is 0 Å². The Kier molecular flexibility index (Phi) is 3.11. The molecule has 1 aliphatic rings. The van der Waals surface area contributed by atoms with E-state index in [0.29, 0.717) is 6.04 Å². The van der Waals surface area contributed by atoms with Crippen molar-refractivity contribution in [2.75, 3.05) is 25.2 Å². The number of hydrogen-bond acceptors (Lipinski definition) is 3. The van der Waals surface area contributed by atoms with Crippen LogP contribution >= 0.6 is 0 Å². The third-order valence-corrected chi connectivity index (χ3v) is 2.99. The molecule has 3 heteroatoms. The summed E-state index contributed by atoms with van der Waals surface area (Å²) in [5, 5.41) is 9.23. The molecule has 3 nitrogen and oxygen atoms in total. The van der Waals surface area contributed by atoms with E-state index in [1.54, 1.807) is 7.11 Å². The molecule has 2 rings (SSSR count). The maximum Gasteiger partial charge on any atom is 0.119 e. The second-order valence-corrected chi connectivity index (χ2v) is 3.87. The standard InChI is InChI=1S/C12H17NO2/c1-15-12-6-4-10(5-7-12)13-8-2-3-11(13)9-14/h4-7,11,14H,2-3,8-9H2,1H3/t11-/m1/s1. The van der Waals surface area contributed by atoms with Gasteiger partial charge in [-0.15, -0.1) is 0 Å². The van der Waals surface area contributed by atoms with Crippen LogP contribution in [-0.4, -0.2) is 31.4 Å². The summed E-state index contributed by atoms with van der Waals surface area (Å²) < 4.78 is 5.12. The predicted molar refractivity (Wildman–Crippen MR) is 60.4 cm³/mol. The molecule has 0 saturated carbocycles. The number of aliphatic hydroxyl groups is 1. The van der Waals surface area contributed by atoms with Crippen molar-refractivity contribution in [1.82, 2.24) is 0 Å². The molecule has 0 bridgehead atoms. The second kappa shape index (κ2) is 4.53. The van der Waals surface area contributed by atoms with Crippen LogP contribution in [0.1, 0.15) is 12.8 Å². The fourth-order valence-corrected chi connectivity index (χ4v) is 2.14. The predicted octanol–water partition coefficient (Wildman–Crippen LogP) is 1.66. The molecule has 0 spiro atoms. The minimum Gasteiger partial charge on any atom is -0.497 e. The smallest absolute Gasteiger partial charge is 0.119 e. The molecule has 0 unspecified atom stereocenters. The van der Waals surface area contributed by atoms with E-state index in [9.17, 15) is 5.11 Å². The van der Waals surface area contributed by atoms with Gasteiger partial charge in [-0.1, -0.05) is 0 Å². The molecule has 82 valence electrons. The van der Waals surface area contributed by atoms with Gasteiger partial charge >= 0.3 is 0 Å². The number of benzene rings is 1. The van der Waals surface area contributed by atoms with E-state index in [2.05, 4.69) is 4.90 Å². The molecule has 1 saturated heterocycles. The van der Waals surface area contributed by atoms with Crippen molar-refractivity contribution in [3.63, 3.8) is 0 Å². The molecule has 1 heterocycles. The number of ether oxygens (including phenoxy) is 1. The van der Waals surface area contributed by atoms with Gasteiger partial charge in [0.05, 0.1) is 19.8 Å². The molecule has 1 N–H and O–H groups in total. The quantitative estimate of drug-likeness (QED) is 0.818. The van der Waals surface area contributed by atoms with Crippen LogP contribution in [0.3, 0.4) is 0 Å². The van der Waals surface area contributed by atoms with Crippen LogP contribution in [0.15, 0.2) is 24.3 Å². The molecule has 15 heavy (non-hydrogen) atoms. The lowest BCUT2D eigenvalue weighted by atomic mass is 10.2. The summed E-state index contributed by atoms with van der Waals surface area (Å²) in [5.74, 6) is 0.874. The first-order chi connectivity index (χ1) is 7.35. The fourth-order valence-electron chi connectivity index (χ4n) is 2.14. The zero-order valence-corrected chi connectivity index (χ0v) is 9.02. The SMILES string of the molecule is COc1ccc(N2CCC[C@@H]2CO)cc1. The fraction of sp³-hybridized carbons (Fsp3) is 0.500. The third-order valence-electron chi connectivity index (χ3n) is 2.99. The van der Waals surface area contributed by atoms with Crippen molar-refractivity contribution >= 4 is 5.69 Å². The Morgan fingerprint density at radius 1 is 1.40 bits per heavy atom. The van der Waals surface area contributed by atoms with Crippen molar-refractivity contribution < 1.29 is 9.84 Å². The number of rotatable bonds is 3. The van der Waals surface area contributed by atoms with Gasteiger partial charge in [-0.3, -0.25) is 0 Å². The zero-order valence-electron chi connectivity index (χ0n) is 9.02. The monoisotopic (exact) mass is 207 g/mol. The summed E-state index contributed by atoms with van der Waals surface area (Å²) in [6.07, 6.45) is 2.25. The lowest BCUT2D eigenvalue weighted by molar-refractivity contribution is 0.266. The highest BCUT2D eigenvalue weighted by Gasteiger charge is 2.23. The molecular formula is C12H17NO2. The largest absolute Gasteiger partial charge is 0.497 e. The van der Waals surface area contributed by atoms with Crippen molar-refractivity contribution in [1.29, 1.82) is 0 Å². The van der Waals surface area contributed by atoms with Crippen LogP contribution in [0, 0.1) is 0 Å². The maximum absolute atomic E-state index is 9.23. The minimum absolute atomic E-state index is 0.242.